The van der Waals surface area contributed by atoms with Crippen LogP contribution in [0.25, 0.3) is 5.70 Å². The molecule has 0 aromatic heterocycles. The van der Waals surface area contributed by atoms with Gasteiger partial charge in [-0.3, -0.25) is 8.63 Å². The Hall–Kier alpha value is -3.99. The quantitative estimate of drug-likeness (QED) is 0.226. The molecule has 5 heteroatoms. The first-order valence-electron chi connectivity index (χ1n) is 10.3. The van der Waals surface area contributed by atoms with Crippen LogP contribution < -0.4 is 4.81 Å². The maximum Gasteiger partial charge on any atom is 0.678 e. The van der Waals surface area contributed by atoms with Crippen molar-refractivity contribution in [3.05, 3.63) is 139 Å². The number of rotatable bonds is 7. The molecule has 0 aliphatic carbocycles. The summed E-state index contributed by atoms with van der Waals surface area (Å²) in [5.41, 5.74) is 3.63. The number of para-hydroxylation sites is 2. The molecule has 156 valence electrons. The van der Waals surface area contributed by atoms with Crippen LogP contribution in [0.4, 0.5) is 20.0 Å². The Morgan fingerprint density at radius 3 is 1.62 bits per heavy atom. The number of allylic oxidation sites excluding steroid dienone is 1. The van der Waals surface area contributed by atoms with Crippen molar-refractivity contribution in [1.82, 2.24) is 0 Å². The lowest BCUT2D eigenvalue weighted by Crippen LogP contribution is -2.32. The molecule has 0 aliphatic heterocycles. The lowest BCUT2D eigenvalue weighted by atomic mass is 9.99. The molecule has 32 heavy (non-hydrogen) atoms. The Morgan fingerprint density at radius 2 is 1.09 bits per heavy atom. The van der Waals surface area contributed by atoms with E-state index in [0.29, 0.717) is 22.7 Å². The number of benzene rings is 4. The Balaban J connectivity index is 1.93. The Kier molecular flexibility index (Phi) is 6.88. The molecule has 0 atom stereocenters. The summed E-state index contributed by atoms with van der Waals surface area (Å²) < 4.78 is 28.9. The van der Waals surface area contributed by atoms with Crippen LogP contribution >= 0.6 is 0 Å². The van der Waals surface area contributed by atoms with Crippen molar-refractivity contribution < 1.29 is 8.63 Å². The van der Waals surface area contributed by atoms with E-state index >= 15 is 0 Å². The van der Waals surface area contributed by atoms with Gasteiger partial charge in [0, 0.05) is 16.9 Å². The molecule has 0 saturated carbocycles. The molecule has 2 nitrogen and oxygen atoms in total. The summed E-state index contributed by atoms with van der Waals surface area (Å²) in [5.74, 6) is 0. The minimum atomic E-state index is -2.74. The van der Waals surface area contributed by atoms with Gasteiger partial charge < -0.3 is 4.81 Å². The fraction of sp³-hybridized carbons (Fsp3) is 0. The zero-order valence-corrected chi connectivity index (χ0v) is 17.4. The van der Waals surface area contributed by atoms with Gasteiger partial charge in [0.25, 0.3) is 0 Å². The second-order valence-corrected chi connectivity index (χ2v) is 7.08. The van der Waals surface area contributed by atoms with Gasteiger partial charge in [-0.2, -0.15) is 0 Å². The number of aliphatic imine (C=N–C) groups is 1. The third-order valence-corrected chi connectivity index (χ3v) is 4.91. The minimum Gasteiger partial charge on any atom is -0.325 e. The smallest absolute Gasteiger partial charge is 0.325 e. The third kappa shape index (κ3) is 5.19. The average molecular weight is 422 g/mol. The third-order valence-electron chi connectivity index (χ3n) is 4.91. The summed E-state index contributed by atoms with van der Waals surface area (Å²) in [5, 5.41) is 0. The van der Waals surface area contributed by atoms with Crippen molar-refractivity contribution in [3.63, 3.8) is 0 Å². The number of nitrogens with zero attached hydrogens (tertiary/aromatic N) is 2. The van der Waals surface area contributed by atoms with E-state index in [9.17, 15) is 8.63 Å². The molecule has 4 aromatic carbocycles. The van der Waals surface area contributed by atoms with Crippen molar-refractivity contribution in [1.29, 1.82) is 0 Å². The molecule has 0 bridgehead atoms. The zero-order chi connectivity index (χ0) is 22.2. The number of hydrogen-bond donors (Lipinski definition) is 0. The lowest BCUT2D eigenvalue weighted by Gasteiger charge is -2.26. The van der Waals surface area contributed by atoms with Gasteiger partial charge in [0.05, 0.1) is 11.4 Å². The molecule has 0 spiro atoms. The van der Waals surface area contributed by atoms with E-state index in [1.54, 1.807) is 30.3 Å². The van der Waals surface area contributed by atoms with E-state index in [2.05, 4.69) is 0 Å². The molecule has 0 N–H and O–H groups in total. The summed E-state index contributed by atoms with van der Waals surface area (Å²) in [6.07, 6.45) is 1.73. The van der Waals surface area contributed by atoms with Crippen LogP contribution in [0.15, 0.2) is 132 Å². The van der Waals surface area contributed by atoms with E-state index in [1.807, 2.05) is 97.1 Å². The van der Waals surface area contributed by atoms with E-state index < -0.39 is 7.40 Å². The second-order valence-electron chi connectivity index (χ2n) is 7.08. The van der Waals surface area contributed by atoms with Crippen LogP contribution in [0.2, 0.25) is 0 Å². The van der Waals surface area contributed by atoms with Gasteiger partial charge in [0.15, 0.2) is 0 Å². The first-order valence-corrected chi connectivity index (χ1v) is 10.3. The molecule has 0 heterocycles. The first kappa shape index (κ1) is 21.3. The normalized spacial score (nSPS) is 11.8. The van der Waals surface area contributed by atoms with Crippen molar-refractivity contribution in [2.24, 2.45) is 4.99 Å². The van der Waals surface area contributed by atoms with Crippen LogP contribution in [-0.2, 0) is 0 Å². The maximum atomic E-state index is 14.4. The van der Waals surface area contributed by atoms with Gasteiger partial charge in [-0.1, -0.05) is 97.1 Å². The van der Waals surface area contributed by atoms with Crippen molar-refractivity contribution >= 4 is 30.2 Å². The standard InChI is InChI=1S/C27H21BF2N2/c29-28(30)32(25-19-11-4-12-20-25)27(23-15-7-2-8-16-23)21-26(22-13-5-1-6-14-22)31-24-17-9-3-10-18-24/h1-21H/b27-21+,31-26?. The Labute approximate surface area is 187 Å². The van der Waals surface area contributed by atoms with Gasteiger partial charge in [0.2, 0.25) is 0 Å². The van der Waals surface area contributed by atoms with Crippen molar-refractivity contribution in [3.8, 4) is 0 Å². The van der Waals surface area contributed by atoms with Gasteiger partial charge in [-0.15, -0.1) is 0 Å². The maximum absolute atomic E-state index is 14.4. The predicted molar refractivity (Wildman–Crippen MR) is 130 cm³/mol. The van der Waals surface area contributed by atoms with E-state index in [-0.39, 0.29) is 0 Å². The fourth-order valence-electron chi connectivity index (χ4n) is 3.41. The molecule has 0 unspecified atom stereocenters. The van der Waals surface area contributed by atoms with Crippen LogP contribution in [0, 0.1) is 0 Å². The highest BCUT2D eigenvalue weighted by Crippen LogP contribution is 2.29. The lowest BCUT2D eigenvalue weighted by molar-refractivity contribution is 0.657. The van der Waals surface area contributed by atoms with Crippen molar-refractivity contribution in [2.75, 3.05) is 4.81 Å². The van der Waals surface area contributed by atoms with E-state index in [4.69, 9.17) is 4.99 Å². The van der Waals surface area contributed by atoms with Crippen LogP contribution in [0.5, 0.6) is 0 Å². The molecule has 0 fully saturated rings. The molecule has 4 rings (SSSR count). The predicted octanol–water partition coefficient (Wildman–Crippen LogP) is 7.28. The Bertz CT molecular complexity index is 1180. The summed E-state index contributed by atoms with van der Waals surface area (Å²) >= 11 is 0. The highest BCUT2D eigenvalue weighted by molar-refractivity contribution is 6.52. The monoisotopic (exact) mass is 422 g/mol. The summed E-state index contributed by atoms with van der Waals surface area (Å²) in [4.78, 5) is 5.84. The van der Waals surface area contributed by atoms with Crippen LogP contribution in [0.3, 0.4) is 0 Å². The van der Waals surface area contributed by atoms with Crippen molar-refractivity contribution in [2.45, 2.75) is 0 Å². The molecule has 0 amide bonds. The topological polar surface area (TPSA) is 15.6 Å². The zero-order valence-electron chi connectivity index (χ0n) is 17.4. The fourth-order valence-corrected chi connectivity index (χ4v) is 3.41. The van der Waals surface area contributed by atoms with Crippen LogP contribution in [-0.4, -0.2) is 13.1 Å². The molecule has 0 aliphatic rings. The summed E-state index contributed by atoms with van der Waals surface area (Å²) in [7, 11) is -2.74. The largest absolute Gasteiger partial charge is 0.678 e. The summed E-state index contributed by atoms with van der Waals surface area (Å²) in [6.45, 7) is 0. The van der Waals surface area contributed by atoms with E-state index in [1.165, 1.54) is 0 Å². The van der Waals surface area contributed by atoms with Gasteiger partial charge in [-0.05, 0) is 35.9 Å². The Morgan fingerprint density at radius 1 is 0.625 bits per heavy atom. The van der Waals surface area contributed by atoms with Gasteiger partial charge in [-0.25, -0.2) is 4.99 Å². The van der Waals surface area contributed by atoms with Crippen LogP contribution in [0.1, 0.15) is 11.1 Å². The molecule has 4 aromatic rings. The SMILES string of the molecule is FB(F)N(/C(=C/C(=Nc1ccccc1)c1ccccc1)c1ccccc1)c1ccccc1. The number of anilines is 1. The highest BCUT2D eigenvalue weighted by Gasteiger charge is 2.30. The minimum absolute atomic E-state index is 0.366. The molecule has 0 saturated heterocycles. The molecular weight excluding hydrogens is 401 g/mol. The average Bonchev–Trinajstić information content (AvgIpc) is 2.85. The number of halogens is 2. The molecular formula is C27H21BF2N2. The highest BCUT2D eigenvalue weighted by atomic mass is 19.2. The summed E-state index contributed by atoms with van der Waals surface area (Å²) in [6, 6.07) is 37.0. The van der Waals surface area contributed by atoms with Gasteiger partial charge >= 0.3 is 7.40 Å². The number of hydrogen-bond acceptors (Lipinski definition) is 2. The van der Waals surface area contributed by atoms with Gasteiger partial charge in [0.1, 0.15) is 0 Å². The second kappa shape index (κ2) is 10.4. The van der Waals surface area contributed by atoms with E-state index in [0.717, 1.165) is 16.1 Å². The molecule has 0 radical (unpaired) electrons. The first-order chi connectivity index (χ1) is 15.7.